The van der Waals surface area contributed by atoms with Gasteiger partial charge in [-0.1, -0.05) is 12.2 Å². The van der Waals surface area contributed by atoms with Gasteiger partial charge in [0.25, 0.3) is 0 Å². The summed E-state index contributed by atoms with van der Waals surface area (Å²) in [7, 11) is -0.433. The van der Waals surface area contributed by atoms with Crippen molar-refractivity contribution in [1.82, 2.24) is 9.55 Å². The first kappa shape index (κ1) is 14.6. The Hall–Kier alpha value is -1.31. The van der Waals surface area contributed by atoms with Crippen LogP contribution in [-0.4, -0.2) is 41.3 Å². The third-order valence-electron chi connectivity index (χ3n) is 3.21. The van der Waals surface area contributed by atoms with Crippen LogP contribution in [0.1, 0.15) is 18.2 Å². The summed E-state index contributed by atoms with van der Waals surface area (Å²) in [6.07, 6.45) is 3.14. The predicted octanol–water partition coefficient (Wildman–Crippen LogP) is -0.747. The van der Waals surface area contributed by atoms with Gasteiger partial charge >= 0.3 is 5.69 Å². The number of nitrogens with zero attached hydrogens (tertiary/aromatic N) is 2. The lowest BCUT2D eigenvalue weighted by Gasteiger charge is -2.16. The molecule has 0 aromatic carbocycles. The van der Waals surface area contributed by atoms with Gasteiger partial charge in [-0.3, -0.25) is 4.57 Å². The molecule has 0 saturated carbocycles. The van der Waals surface area contributed by atoms with E-state index in [-0.39, 0.29) is 18.8 Å². The minimum absolute atomic E-state index is 0.108. The van der Waals surface area contributed by atoms with Gasteiger partial charge < -0.3 is 25.8 Å². The zero-order valence-corrected chi connectivity index (χ0v) is 12.3. The maximum atomic E-state index is 12.0. The molecule has 4 unspecified atom stereocenters. The van der Waals surface area contributed by atoms with Gasteiger partial charge in [-0.2, -0.15) is 4.98 Å². The molecule has 21 heavy (non-hydrogen) atoms. The Morgan fingerprint density at radius 2 is 2.57 bits per heavy atom. The number of anilines is 1. The van der Waals surface area contributed by atoms with Crippen molar-refractivity contribution in [2.24, 2.45) is 5.73 Å². The highest BCUT2D eigenvalue weighted by Crippen LogP contribution is 2.28. The van der Waals surface area contributed by atoms with Crippen LogP contribution >= 0.6 is 9.41 Å². The second-order valence-corrected chi connectivity index (χ2v) is 4.94. The van der Waals surface area contributed by atoms with Gasteiger partial charge in [-0.05, 0) is 0 Å². The van der Waals surface area contributed by atoms with E-state index in [1.54, 1.807) is 12.2 Å². The molecule has 1 aliphatic rings. The van der Waals surface area contributed by atoms with E-state index in [4.69, 9.17) is 22.0 Å². The molecule has 1 saturated heterocycles. The largest absolute Gasteiger partial charge is 0.390 e. The van der Waals surface area contributed by atoms with Crippen molar-refractivity contribution in [2.75, 3.05) is 18.9 Å². The van der Waals surface area contributed by atoms with Crippen LogP contribution < -0.4 is 17.2 Å². The molecule has 0 spiro atoms. The molecule has 0 amide bonds. The van der Waals surface area contributed by atoms with Gasteiger partial charge in [0.15, 0.2) is 0 Å². The second-order valence-electron chi connectivity index (χ2n) is 4.65. The molecule has 1 aromatic heterocycles. The molecule has 4 atom stereocenters. The third kappa shape index (κ3) is 3.66. The SMILES string of the molecule is [3H]POCC1OC(n2cc(C=CCN)c(N)nc2=O)CC1O. The molecule has 1 aromatic rings. The number of hydrogen-bond donors (Lipinski definition) is 3. The fourth-order valence-electron chi connectivity index (χ4n) is 2.14. The molecule has 0 radical (unpaired) electrons. The summed E-state index contributed by atoms with van der Waals surface area (Å²) < 4.78 is 18.8. The summed E-state index contributed by atoms with van der Waals surface area (Å²) in [5, 5.41) is 9.95. The normalized spacial score (nSPS) is 27.0. The quantitative estimate of drug-likeness (QED) is 0.590. The van der Waals surface area contributed by atoms with Crippen LogP contribution in [0.5, 0.6) is 0 Å². The van der Waals surface area contributed by atoms with Gasteiger partial charge in [-0.15, -0.1) is 0 Å². The second kappa shape index (κ2) is 7.11. The van der Waals surface area contributed by atoms with Gasteiger partial charge in [0.2, 0.25) is 0 Å². The molecule has 0 aliphatic carbocycles. The fourth-order valence-corrected chi connectivity index (χ4v) is 2.31. The van der Waals surface area contributed by atoms with Crippen LogP contribution in [0.15, 0.2) is 17.1 Å². The minimum atomic E-state index is -0.770. The lowest BCUT2D eigenvalue weighted by Crippen LogP contribution is -2.28. The van der Waals surface area contributed by atoms with E-state index in [0.29, 0.717) is 12.1 Å². The van der Waals surface area contributed by atoms with Gasteiger partial charge in [-0.25, -0.2) is 4.79 Å². The first-order valence-electron chi connectivity index (χ1n) is 6.94. The van der Waals surface area contributed by atoms with Crippen LogP contribution in [0.2, 0.25) is 0 Å². The average Bonchev–Trinajstić information content (AvgIpc) is 2.85. The first-order valence-corrected chi connectivity index (χ1v) is 6.85. The number of nitrogen functional groups attached to an aromatic ring is 1. The van der Waals surface area contributed by atoms with E-state index in [9.17, 15) is 9.90 Å². The third-order valence-corrected chi connectivity index (χ3v) is 3.37. The highest BCUT2D eigenvalue weighted by atomic mass is 31.0. The van der Waals surface area contributed by atoms with Crippen molar-refractivity contribution < 1.29 is 14.4 Å². The molecule has 9 heteroatoms. The number of aliphatic hydroxyl groups excluding tert-OH is 1. The molecule has 1 aliphatic heterocycles. The summed E-state index contributed by atoms with van der Waals surface area (Å²) in [5.74, 6) is 0.111. The van der Waals surface area contributed by atoms with Crippen molar-refractivity contribution in [3.05, 3.63) is 28.3 Å². The van der Waals surface area contributed by atoms with E-state index in [2.05, 4.69) is 4.98 Å². The zero-order valence-electron chi connectivity index (χ0n) is 12.3. The Kier molecular flexibility index (Phi) is 4.95. The zero-order chi connectivity index (χ0) is 16.1. The van der Waals surface area contributed by atoms with E-state index in [1.807, 2.05) is 0 Å². The Balaban J connectivity index is 2.22. The Morgan fingerprint density at radius 3 is 3.29 bits per heavy atom. The van der Waals surface area contributed by atoms with Crippen molar-refractivity contribution in [2.45, 2.75) is 24.9 Å². The fraction of sp³-hybridized carbons (Fsp3) is 0.500. The minimum Gasteiger partial charge on any atom is -0.390 e. The maximum Gasteiger partial charge on any atom is 0.351 e. The summed E-state index contributed by atoms with van der Waals surface area (Å²) in [6, 6.07) is 0. The molecule has 2 heterocycles. The van der Waals surface area contributed by atoms with Crippen LogP contribution in [0, 0.1) is 0 Å². The average molecular weight is 316 g/mol. The van der Waals surface area contributed by atoms with Crippen molar-refractivity contribution in [3.63, 3.8) is 0 Å². The number of ether oxygens (including phenoxy) is 1. The lowest BCUT2D eigenvalue weighted by atomic mass is 10.2. The molecule has 5 N–H and O–H groups in total. The molecule has 1 fully saturated rings. The Labute approximate surface area is 125 Å². The van der Waals surface area contributed by atoms with Crippen molar-refractivity contribution >= 4 is 21.3 Å². The molecular weight excluding hydrogens is 295 g/mol. The summed E-state index contributed by atoms with van der Waals surface area (Å²) in [4.78, 5) is 15.7. The van der Waals surface area contributed by atoms with Crippen molar-refractivity contribution in [3.8, 4) is 0 Å². The smallest absolute Gasteiger partial charge is 0.351 e. The van der Waals surface area contributed by atoms with Crippen LogP contribution in [0.3, 0.4) is 0 Å². The molecule has 116 valence electrons. The van der Waals surface area contributed by atoms with Gasteiger partial charge in [0.1, 0.15) is 18.1 Å². The van der Waals surface area contributed by atoms with E-state index in [1.165, 1.54) is 10.8 Å². The number of aliphatic hydroxyl groups is 1. The monoisotopic (exact) mass is 316 g/mol. The summed E-state index contributed by atoms with van der Waals surface area (Å²) >= 11 is 0. The highest BCUT2D eigenvalue weighted by molar-refractivity contribution is 7.09. The highest BCUT2D eigenvalue weighted by Gasteiger charge is 2.35. The number of rotatable bonds is 6. The van der Waals surface area contributed by atoms with E-state index >= 15 is 0 Å². The van der Waals surface area contributed by atoms with Crippen molar-refractivity contribution in [1.29, 1.82) is 1.28 Å². The maximum absolute atomic E-state index is 12.0. The van der Waals surface area contributed by atoms with Gasteiger partial charge in [0.05, 0.1) is 14.0 Å². The van der Waals surface area contributed by atoms with Crippen LogP contribution in [-0.2, 0) is 9.26 Å². The molecule has 0 bridgehead atoms. The molecule has 2 rings (SSSR count). The summed E-state index contributed by atoms with van der Waals surface area (Å²) in [6.45, 7) is 0.446. The number of nitrogens with two attached hydrogens (primary N) is 2. The molecule has 8 nitrogen and oxygen atoms in total. The van der Waals surface area contributed by atoms with Gasteiger partial charge in [0, 0.05) is 34.1 Å². The topological polar surface area (TPSA) is 126 Å². The first-order chi connectivity index (χ1) is 10.6. The van der Waals surface area contributed by atoms with E-state index in [0.717, 1.165) is 0 Å². The van der Waals surface area contributed by atoms with Crippen LogP contribution in [0.4, 0.5) is 5.82 Å². The lowest BCUT2D eigenvalue weighted by molar-refractivity contribution is -0.0382. The van der Waals surface area contributed by atoms with E-state index < -0.39 is 33.5 Å². The number of hydrogen-bond acceptors (Lipinski definition) is 7. The molecular formula is C12H19N4O4P. The Morgan fingerprint density at radius 1 is 1.76 bits per heavy atom. The predicted molar refractivity (Wildman–Crippen MR) is 81.2 cm³/mol. The van der Waals surface area contributed by atoms with Crippen LogP contribution in [0.25, 0.3) is 6.08 Å². The standard InChI is InChI=1S/C12H19N4O4P/c13-3-1-2-7-5-16(12(18)15-11(7)14)10-4-8(17)9(20-10)6-19-21/h1-2,5,8-10,17H,3-4,6,13,21H2,(H2,14,15,18)/i21T. The Bertz CT molecular complexity index is 597. The number of aromatic nitrogens is 2. The summed E-state index contributed by atoms with van der Waals surface area (Å²) in [5.41, 5.74) is 11.1.